The summed E-state index contributed by atoms with van der Waals surface area (Å²) in [6.45, 7) is 12.3. The zero-order valence-electron chi connectivity index (χ0n) is 19.8. The van der Waals surface area contributed by atoms with Crippen LogP contribution in [0.5, 0.6) is 0 Å². The van der Waals surface area contributed by atoms with Crippen LogP contribution in [0.4, 0.5) is 0 Å². The molecule has 29 heavy (non-hydrogen) atoms. The molecule has 10 atom stereocenters. The second-order valence-corrected chi connectivity index (χ2v) is 12.6. The summed E-state index contributed by atoms with van der Waals surface area (Å²) in [5, 5.41) is 0. The van der Waals surface area contributed by atoms with Crippen LogP contribution in [0.15, 0.2) is 17.9 Å². The van der Waals surface area contributed by atoms with Crippen LogP contribution >= 0.6 is 0 Å². The Kier molecular flexibility index (Phi) is 4.74. The maximum Gasteiger partial charge on any atom is 0.0638 e. The van der Waals surface area contributed by atoms with Crippen molar-refractivity contribution in [2.45, 2.75) is 92.1 Å². The summed E-state index contributed by atoms with van der Waals surface area (Å²) in [5.41, 5.74) is 5.17. The van der Waals surface area contributed by atoms with Gasteiger partial charge >= 0.3 is 0 Å². The Morgan fingerprint density at radius 2 is 1.76 bits per heavy atom. The van der Waals surface area contributed by atoms with E-state index in [1.165, 1.54) is 51.4 Å². The molecule has 0 aromatic carbocycles. The molecule has 0 saturated heterocycles. The lowest BCUT2D eigenvalue weighted by Crippen LogP contribution is -2.57. The summed E-state index contributed by atoms with van der Waals surface area (Å²) in [4.78, 5) is 0. The SMILES string of the molecule is CO[C@@H]1C[C@H]2[C@@H]3CC[C@H]([C@H](C)C=C=CC(C)C)[C@@]3(C)CC[C@@H]2[C@@]2(C)CC[C@@H]3C[C@]312. The topological polar surface area (TPSA) is 9.23 Å². The molecule has 0 radical (unpaired) electrons. The van der Waals surface area contributed by atoms with Crippen molar-refractivity contribution in [2.24, 2.45) is 57.7 Å². The van der Waals surface area contributed by atoms with E-state index < -0.39 is 0 Å². The summed E-state index contributed by atoms with van der Waals surface area (Å²) in [6, 6.07) is 0. The highest BCUT2D eigenvalue weighted by molar-refractivity contribution is 5.26. The van der Waals surface area contributed by atoms with Crippen LogP contribution in [0.25, 0.3) is 0 Å². The zero-order valence-corrected chi connectivity index (χ0v) is 19.8. The molecule has 1 nitrogen and oxygen atoms in total. The Morgan fingerprint density at radius 1 is 0.966 bits per heavy atom. The van der Waals surface area contributed by atoms with Crippen molar-refractivity contribution < 1.29 is 4.74 Å². The molecule has 162 valence electrons. The average molecular weight is 397 g/mol. The summed E-state index contributed by atoms with van der Waals surface area (Å²) < 4.78 is 6.27. The Bertz CT molecular complexity index is 716. The predicted octanol–water partition coefficient (Wildman–Crippen LogP) is 7.27. The highest BCUT2D eigenvalue weighted by atomic mass is 16.5. The van der Waals surface area contributed by atoms with E-state index in [4.69, 9.17) is 4.74 Å². The maximum absolute atomic E-state index is 6.27. The molecule has 0 N–H and O–H groups in total. The molecule has 0 aromatic rings. The molecule has 0 heterocycles. The van der Waals surface area contributed by atoms with Gasteiger partial charge in [-0.05, 0) is 116 Å². The molecule has 0 aromatic heterocycles. The van der Waals surface area contributed by atoms with Crippen LogP contribution in [0.3, 0.4) is 0 Å². The molecule has 1 heteroatoms. The number of methoxy groups -OCH3 is 1. The van der Waals surface area contributed by atoms with E-state index in [2.05, 4.69) is 52.5 Å². The second kappa shape index (κ2) is 6.74. The van der Waals surface area contributed by atoms with Crippen LogP contribution in [0, 0.1) is 57.7 Å². The Labute approximate surface area is 179 Å². The molecule has 0 unspecified atom stereocenters. The minimum atomic E-state index is 0.525. The van der Waals surface area contributed by atoms with Gasteiger partial charge in [0.15, 0.2) is 0 Å². The predicted molar refractivity (Wildman–Crippen MR) is 120 cm³/mol. The Morgan fingerprint density at radius 3 is 2.45 bits per heavy atom. The lowest BCUT2D eigenvalue weighted by molar-refractivity contribution is -0.160. The molecular formula is C28H44O. The molecular weight excluding hydrogens is 352 g/mol. The fourth-order valence-corrected chi connectivity index (χ4v) is 10.00. The van der Waals surface area contributed by atoms with E-state index in [1.54, 1.807) is 0 Å². The van der Waals surface area contributed by atoms with Gasteiger partial charge in [-0.15, -0.1) is 5.73 Å². The van der Waals surface area contributed by atoms with Crippen molar-refractivity contribution in [1.29, 1.82) is 0 Å². The van der Waals surface area contributed by atoms with E-state index in [0.29, 0.717) is 34.2 Å². The standard InChI is InChI=1S/C28H44O/c1-18(2)8-7-9-19(3)22-10-11-23-21-16-25(29-6)28-17-20(28)12-15-27(28,5)24(21)13-14-26(22,23)4/h8-9,18-25H,10-17H2,1-6H3/t7?,19-,20-,21+,22-,23+,24+,25-,26-,27-,28+/m1/s1. The van der Waals surface area contributed by atoms with Crippen molar-refractivity contribution >= 4 is 0 Å². The van der Waals surface area contributed by atoms with Crippen molar-refractivity contribution in [3.05, 3.63) is 17.9 Å². The van der Waals surface area contributed by atoms with Gasteiger partial charge in [0.2, 0.25) is 0 Å². The van der Waals surface area contributed by atoms with E-state index in [1.807, 2.05) is 7.11 Å². The van der Waals surface area contributed by atoms with Gasteiger partial charge in [0.05, 0.1) is 6.10 Å². The first kappa shape index (κ1) is 20.4. The van der Waals surface area contributed by atoms with Crippen molar-refractivity contribution in [2.75, 3.05) is 7.11 Å². The van der Waals surface area contributed by atoms with Crippen LogP contribution in [0.1, 0.15) is 86.0 Å². The fourth-order valence-electron chi connectivity index (χ4n) is 10.00. The van der Waals surface area contributed by atoms with Crippen molar-refractivity contribution in [3.8, 4) is 0 Å². The van der Waals surface area contributed by atoms with Gasteiger partial charge in [-0.3, -0.25) is 0 Å². The highest BCUT2D eigenvalue weighted by Crippen LogP contribution is 2.82. The first-order valence-electron chi connectivity index (χ1n) is 12.7. The molecule has 0 aliphatic heterocycles. The third-order valence-corrected chi connectivity index (χ3v) is 11.3. The van der Waals surface area contributed by atoms with Crippen LogP contribution in [-0.4, -0.2) is 13.2 Å². The van der Waals surface area contributed by atoms with Gasteiger partial charge in [0.1, 0.15) is 0 Å². The summed E-state index contributed by atoms with van der Waals surface area (Å²) in [5.74, 6) is 5.86. The summed E-state index contributed by atoms with van der Waals surface area (Å²) >= 11 is 0. The second-order valence-electron chi connectivity index (χ2n) is 12.6. The summed E-state index contributed by atoms with van der Waals surface area (Å²) in [6.07, 6.45) is 16.8. The number of hydrogen-bond acceptors (Lipinski definition) is 1. The number of hydrogen-bond donors (Lipinski definition) is 0. The van der Waals surface area contributed by atoms with Crippen LogP contribution in [0.2, 0.25) is 0 Å². The van der Waals surface area contributed by atoms with Gasteiger partial charge in [-0.25, -0.2) is 0 Å². The molecule has 5 rings (SSSR count). The molecule has 5 aliphatic carbocycles. The van der Waals surface area contributed by atoms with Crippen LogP contribution < -0.4 is 0 Å². The smallest absolute Gasteiger partial charge is 0.0638 e. The van der Waals surface area contributed by atoms with E-state index in [0.717, 1.165) is 29.6 Å². The normalized spacial score (nSPS) is 53.3. The molecule has 5 fully saturated rings. The minimum absolute atomic E-state index is 0.525. The van der Waals surface area contributed by atoms with Crippen molar-refractivity contribution in [3.63, 3.8) is 0 Å². The van der Waals surface area contributed by atoms with Crippen molar-refractivity contribution in [1.82, 2.24) is 0 Å². The van der Waals surface area contributed by atoms with Gasteiger partial charge in [0, 0.05) is 12.5 Å². The van der Waals surface area contributed by atoms with Gasteiger partial charge in [-0.2, -0.15) is 0 Å². The maximum atomic E-state index is 6.27. The number of allylic oxidation sites excluding steroid dienone is 1. The number of rotatable bonds is 4. The molecule has 1 spiro atoms. The largest absolute Gasteiger partial charge is 0.381 e. The first-order valence-corrected chi connectivity index (χ1v) is 12.7. The molecule has 0 bridgehead atoms. The lowest BCUT2D eigenvalue weighted by Gasteiger charge is -2.61. The first-order chi connectivity index (χ1) is 13.8. The van der Waals surface area contributed by atoms with Crippen LogP contribution in [-0.2, 0) is 4.74 Å². The fraction of sp³-hybridized carbons (Fsp3) is 0.893. The lowest BCUT2D eigenvalue weighted by atomic mass is 9.45. The molecule has 5 saturated carbocycles. The van der Waals surface area contributed by atoms with E-state index in [-0.39, 0.29) is 0 Å². The van der Waals surface area contributed by atoms with E-state index >= 15 is 0 Å². The number of fused-ring (bicyclic) bond motifs is 4. The third kappa shape index (κ3) is 2.62. The quantitative estimate of drug-likeness (QED) is 0.454. The molecule has 5 aliphatic rings. The zero-order chi connectivity index (χ0) is 20.6. The minimum Gasteiger partial charge on any atom is -0.381 e. The van der Waals surface area contributed by atoms with Gasteiger partial charge < -0.3 is 4.74 Å². The summed E-state index contributed by atoms with van der Waals surface area (Å²) in [7, 11) is 2.02. The monoisotopic (exact) mass is 396 g/mol. The average Bonchev–Trinajstić information content (AvgIpc) is 3.18. The highest BCUT2D eigenvalue weighted by Gasteiger charge is 2.77. The van der Waals surface area contributed by atoms with E-state index in [9.17, 15) is 0 Å². The Hall–Kier alpha value is -0.520. The van der Waals surface area contributed by atoms with Gasteiger partial charge in [-0.1, -0.05) is 34.6 Å². The Balaban J connectivity index is 1.41. The van der Waals surface area contributed by atoms with Gasteiger partial charge in [0.25, 0.3) is 0 Å². The third-order valence-electron chi connectivity index (χ3n) is 11.3. The number of ether oxygens (including phenoxy) is 1. The molecule has 0 amide bonds.